The van der Waals surface area contributed by atoms with Crippen LogP contribution < -0.4 is 5.32 Å². The zero-order valence-corrected chi connectivity index (χ0v) is 8.54. The molecule has 0 radical (unpaired) electrons. The third-order valence-electron chi connectivity index (χ3n) is 3.87. The molecule has 2 fully saturated rings. The zero-order valence-electron chi connectivity index (χ0n) is 8.54. The minimum atomic E-state index is -0.637. The highest BCUT2D eigenvalue weighted by molar-refractivity contribution is 5.66. The first kappa shape index (κ1) is 9.97. The lowest BCUT2D eigenvalue weighted by Crippen LogP contribution is -2.46. The Morgan fingerprint density at radius 2 is 1.93 bits per heavy atom. The van der Waals surface area contributed by atoms with Crippen LogP contribution in [-0.4, -0.2) is 24.2 Å². The minimum Gasteiger partial charge on any atom is -0.481 e. The molecule has 0 amide bonds. The molecule has 3 heteroatoms. The van der Waals surface area contributed by atoms with Crippen molar-refractivity contribution in [2.45, 2.75) is 32.1 Å². The number of aliphatic carboxylic acids is 1. The molecule has 1 heterocycles. The summed E-state index contributed by atoms with van der Waals surface area (Å²) in [6.07, 6.45) is 5.20. The number of rotatable bonds is 3. The molecular formula is C11H19NO2. The van der Waals surface area contributed by atoms with Crippen molar-refractivity contribution in [1.29, 1.82) is 0 Å². The molecule has 0 spiro atoms. The van der Waals surface area contributed by atoms with Crippen LogP contribution in [0.25, 0.3) is 0 Å². The molecular weight excluding hydrogens is 178 g/mol. The monoisotopic (exact) mass is 197 g/mol. The van der Waals surface area contributed by atoms with Crippen molar-refractivity contribution in [3.63, 3.8) is 0 Å². The number of hydrogen-bond acceptors (Lipinski definition) is 2. The Bertz CT molecular complexity index is 195. The third kappa shape index (κ3) is 2.08. The summed E-state index contributed by atoms with van der Waals surface area (Å²) >= 11 is 0. The van der Waals surface area contributed by atoms with Crippen molar-refractivity contribution < 1.29 is 9.90 Å². The van der Waals surface area contributed by atoms with Crippen LogP contribution in [-0.2, 0) is 4.79 Å². The topological polar surface area (TPSA) is 49.3 Å². The molecule has 0 aromatic rings. The van der Waals surface area contributed by atoms with Crippen molar-refractivity contribution in [3.8, 4) is 0 Å². The van der Waals surface area contributed by atoms with Crippen molar-refractivity contribution in [2.24, 2.45) is 17.8 Å². The Morgan fingerprint density at radius 3 is 2.50 bits per heavy atom. The molecule has 0 aromatic heterocycles. The quantitative estimate of drug-likeness (QED) is 0.720. The second-order valence-corrected chi connectivity index (χ2v) is 4.71. The maximum absolute atomic E-state index is 10.5. The summed E-state index contributed by atoms with van der Waals surface area (Å²) < 4.78 is 0. The van der Waals surface area contributed by atoms with E-state index in [1.165, 1.54) is 19.3 Å². The Morgan fingerprint density at radius 1 is 1.29 bits per heavy atom. The lowest BCUT2D eigenvalue weighted by Gasteiger charge is -2.43. The average Bonchev–Trinajstić information content (AvgIpc) is 2.13. The van der Waals surface area contributed by atoms with E-state index in [-0.39, 0.29) is 0 Å². The summed E-state index contributed by atoms with van der Waals surface area (Å²) in [6, 6.07) is 0. The van der Waals surface area contributed by atoms with E-state index in [0.717, 1.165) is 31.3 Å². The van der Waals surface area contributed by atoms with Gasteiger partial charge in [-0.1, -0.05) is 6.42 Å². The predicted octanol–water partition coefficient (Wildman–Crippen LogP) is 1.49. The molecule has 1 aliphatic heterocycles. The predicted molar refractivity (Wildman–Crippen MR) is 54.1 cm³/mol. The van der Waals surface area contributed by atoms with Crippen molar-refractivity contribution in [3.05, 3.63) is 0 Å². The van der Waals surface area contributed by atoms with Gasteiger partial charge in [-0.3, -0.25) is 4.79 Å². The fourth-order valence-electron chi connectivity index (χ4n) is 3.18. The summed E-state index contributed by atoms with van der Waals surface area (Å²) in [5.41, 5.74) is 0. The highest BCUT2D eigenvalue weighted by atomic mass is 16.4. The van der Waals surface area contributed by atoms with Gasteiger partial charge in [0.25, 0.3) is 0 Å². The van der Waals surface area contributed by atoms with E-state index in [1.54, 1.807) is 0 Å². The standard InChI is InChI=1S/C11H19NO2/c13-11(14)5-4-10-8-2-1-3-9(10)7-12-6-8/h8-10,12H,1-7H2,(H,13,14). The fourth-order valence-corrected chi connectivity index (χ4v) is 3.18. The SMILES string of the molecule is O=C(O)CCC1C2CCCC1CNC2. The maximum atomic E-state index is 10.5. The van der Waals surface area contributed by atoms with Crippen LogP contribution in [0.3, 0.4) is 0 Å². The molecule has 1 aliphatic carbocycles. The van der Waals surface area contributed by atoms with E-state index in [0.29, 0.717) is 12.3 Å². The molecule has 2 N–H and O–H groups in total. The van der Waals surface area contributed by atoms with E-state index in [2.05, 4.69) is 5.32 Å². The van der Waals surface area contributed by atoms with Gasteiger partial charge < -0.3 is 10.4 Å². The number of hydrogen-bond donors (Lipinski definition) is 2. The molecule has 14 heavy (non-hydrogen) atoms. The fraction of sp³-hybridized carbons (Fsp3) is 0.909. The highest BCUT2D eigenvalue weighted by Gasteiger charge is 2.35. The lowest BCUT2D eigenvalue weighted by atomic mass is 9.68. The number of carboxylic acid groups (broad SMARTS) is 1. The van der Waals surface area contributed by atoms with Gasteiger partial charge >= 0.3 is 5.97 Å². The van der Waals surface area contributed by atoms with Crippen LogP contribution in [0.4, 0.5) is 0 Å². The average molecular weight is 197 g/mol. The zero-order chi connectivity index (χ0) is 9.97. The van der Waals surface area contributed by atoms with Gasteiger partial charge in [0.05, 0.1) is 0 Å². The van der Waals surface area contributed by atoms with E-state index < -0.39 is 5.97 Å². The summed E-state index contributed by atoms with van der Waals surface area (Å²) in [6.45, 7) is 2.22. The Kier molecular flexibility index (Phi) is 3.06. The van der Waals surface area contributed by atoms with Gasteiger partial charge in [0.15, 0.2) is 0 Å². The summed E-state index contributed by atoms with van der Waals surface area (Å²) in [4.78, 5) is 10.5. The summed E-state index contributed by atoms with van der Waals surface area (Å²) in [5, 5.41) is 12.1. The van der Waals surface area contributed by atoms with Gasteiger partial charge in [-0.15, -0.1) is 0 Å². The molecule has 2 unspecified atom stereocenters. The number of piperidine rings is 1. The Hall–Kier alpha value is -0.570. The van der Waals surface area contributed by atoms with Crippen LogP contribution in [0.2, 0.25) is 0 Å². The molecule has 1 saturated carbocycles. The van der Waals surface area contributed by atoms with Gasteiger partial charge in [-0.25, -0.2) is 0 Å². The van der Waals surface area contributed by atoms with Crippen LogP contribution >= 0.6 is 0 Å². The molecule has 0 aromatic carbocycles. The second kappa shape index (κ2) is 4.30. The minimum absolute atomic E-state index is 0.359. The number of fused-ring (bicyclic) bond motifs is 2. The van der Waals surface area contributed by atoms with E-state index in [9.17, 15) is 4.79 Å². The van der Waals surface area contributed by atoms with Gasteiger partial charge in [-0.2, -0.15) is 0 Å². The van der Waals surface area contributed by atoms with E-state index in [4.69, 9.17) is 5.11 Å². The molecule has 2 aliphatic rings. The van der Waals surface area contributed by atoms with Crippen LogP contribution in [0.15, 0.2) is 0 Å². The molecule has 1 saturated heterocycles. The van der Waals surface area contributed by atoms with Crippen LogP contribution in [0.5, 0.6) is 0 Å². The normalized spacial score (nSPS) is 36.7. The van der Waals surface area contributed by atoms with Gasteiger partial charge in [0, 0.05) is 6.42 Å². The number of nitrogens with one attached hydrogen (secondary N) is 1. The third-order valence-corrected chi connectivity index (χ3v) is 3.87. The first-order valence-corrected chi connectivity index (χ1v) is 5.70. The highest BCUT2D eigenvalue weighted by Crippen LogP contribution is 2.39. The van der Waals surface area contributed by atoms with Gasteiger partial charge in [0.2, 0.25) is 0 Å². The van der Waals surface area contributed by atoms with E-state index >= 15 is 0 Å². The Balaban J connectivity index is 1.91. The molecule has 3 nitrogen and oxygen atoms in total. The largest absolute Gasteiger partial charge is 0.481 e. The molecule has 80 valence electrons. The van der Waals surface area contributed by atoms with Crippen molar-refractivity contribution in [2.75, 3.05) is 13.1 Å². The number of carbonyl (C=O) groups is 1. The Labute approximate surface area is 84.9 Å². The summed E-state index contributed by atoms with van der Waals surface area (Å²) in [7, 11) is 0. The molecule has 2 rings (SSSR count). The van der Waals surface area contributed by atoms with Crippen molar-refractivity contribution >= 4 is 5.97 Å². The second-order valence-electron chi connectivity index (χ2n) is 4.71. The van der Waals surface area contributed by atoms with Crippen LogP contribution in [0, 0.1) is 17.8 Å². The first-order valence-electron chi connectivity index (χ1n) is 5.70. The van der Waals surface area contributed by atoms with Crippen LogP contribution in [0.1, 0.15) is 32.1 Å². The number of carboxylic acids is 1. The van der Waals surface area contributed by atoms with Gasteiger partial charge in [0.1, 0.15) is 0 Å². The maximum Gasteiger partial charge on any atom is 0.303 e. The molecule has 2 bridgehead atoms. The molecule has 2 atom stereocenters. The van der Waals surface area contributed by atoms with Crippen molar-refractivity contribution in [1.82, 2.24) is 5.32 Å². The van der Waals surface area contributed by atoms with Gasteiger partial charge in [-0.05, 0) is 50.1 Å². The lowest BCUT2D eigenvalue weighted by molar-refractivity contribution is -0.137. The summed E-state index contributed by atoms with van der Waals surface area (Å²) in [5.74, 6) is 1.55. The van der Waals surface area contributed by atoms with E-state index in [1.807, 2.05) is 0 Å². The first-order chi connectivity index (χ1) is 6.77. The smallest absolute Gasteiger partial charge is 0.303 e.